The first-order valence-electron chi connectivity index (χ1n) is 7.83. The number of nitro benzene ring substituents is 1. The van der Waals surface area contributed by atoms with Crippen molar-refractivity contribution in [2.24, 2.45) is 11.7 Å². The Morgan fingerprint density at radius 3 is 2.75 bits per heavy atom. The van der Waals surface area contributed by atoms with Crippen molar-refractivity contribution in [3.8, 4) is 0 Å². The van der Waals surface area contributed by atoms with Crippen molar-refractivity contribution in [3.05, 3.63) is 33.9 Å². The minimum absolute atomic E-state index is 0.0172. The molecule has 2 atom stereocenters. The lowest BCUT2D eigenvalue weighted by atomic mass is 9.99. The number of nitrogens with zero attached hydrogens (tertiary/aromatic N) is 2. The topological polar surface area (TPSA) is 116 Å². The van der Waals surface area contributed by atoms with Crippen molar-refractivity contribution in [2.45, 2.75) is 32.8 Å². The van der Waals surface area contributed by atoms with Crippen LogP contribution >= 0.6 is 0 Å². The molecule has 1 saturated heterocycles. The number of hydrogen-bond donors (Lipinski definition) is 1. The molecule has 130 valence electrons. The van der Waals surface area contributed by atoms with Gasteiger partial charge in [-0.1, -0.05) is 6.92 Å². The molecule has 8 nitrogen and oxygen atoms in total. The number of amides is 1. The van der Waals surface area contributed by atoms with E-state index in [1.165, 1.54) is 19.1 Å². The largest absolute Gasteiger partial charge is 0.449 e. The van der Waals surface area contributed by atoms with Crippen LogP contribution in [0.2, 0.25) is 0 Å². The van der Waals surface area contributed by atoms with Crippen LogP contribution in [0.4, 0.5) is 11.4 Å². The van der Waals surface area contributed by atoms with Crippen LogP contribution in [0.15, 0.2) is 18.2 Å². The number of esters is 1. The molecule has 0 bridgehead atoms. The van der Waals surface area contributed by atoms with E-state index in [4.69, 9.17) is 10.5 Å². The third-order valence-electron chi connectivity index (χ3n) is 4.09. The number of primary amides is 1. The van der Waals surface area contributed by atoms with Gasteiger partial charge in [0.2, 0.25) is 0 Å². The molecular formula is C16H21N3O5. The summed E-state index contributed by atoms with van der Waals surface area (Å²) in [7, 11) is 0. The second-order valence-corrected chi connectivity index (χ2v) is 6.10. The highest BCUT2D eigenvalue weighted by molar-refractivity contribution is 5.93. The first-order valence-corrected chi connectivity index (χ1v) is 7.83. The van der Waals surface area contributed by atoms with Gasteiger partial charge >= 0.3 is 5.97 Å². The van der Waals surface area contributed by atoms with Gasteiger partial charge in [0.25, 0.3) is 11.6 Å². The molecule has 1 aromatic carbocycles. The van der Waals surface area contributed by atoms with Crippen molar-refractivity contribution in [3.63, 3.8) is 0 Å². The summed E-state index contributed by atoms with van der Waals surface area (Å²) in [6.07, 6.45) is 0.969. The van der Waals surface area contributed by atoms with E-state index in [0.717, 1.165) is 25.9 Å². The van der Waals surface area contributed by atoms with Crippen LogP contribution < -0.4 is 10.6 Å². The van der Waals surface area contributed by atoms with Gasteiger partial charge in [-0.15, -0.1) is 0 Å². The molecule has 1 aliphatic heterocycles. The van der Waals surface area contributed by atoms with E-state index in [-0.39, 0.29) is 11.3 Å². The number of nitrogens with two attached hydrogens (primary N) is 1. The van der Waals surface area contributed by atoms with Crippen molar-refractivity contribution in [1.29, 1.82) is 0 Å². The summed E-state index contributed by atoms with van der Waals surface area (Å²) < 4.78 is 4.89. The number of carbonyl (C=O) groups excluding carboxylic acids is 2. The van der Waals surface area contributed by atoms with Gasteiger partial charge in [-0.25, -0.2) is 4.79 Å². The summed E-state index contributed by atoms with van der Waals surface area (Å²) >= 11 is 0. The fourth-order valence-electron chi connectivity index (χ4n) is 2.76. The molecule has 0 aromatic heterocycles. The zero-order valence-electron chi connectivity index (χ0n) is 13.7. The first-order chi connectivity index (χ1) is 11.3. The molecule has 24 heavy (non-hydrogen) atoms. The SMILES string of the molecule is C[C@@H]1CCCN(c2ccc(C(=O)O[C@@H](C)C(N)=O)cc2[N+](=O)[O-])C1. The van der Waals surface area contributed by atoms with Crippen LogP contribution in [0.1, 0.15) is 37.0 Å². The Bertz CT molecular complexity index is 661. The number of ether oxygens (including phenoxy) is 1. The van der Waals surface area contributed by atoms with Gasteiger partial charge in [0.1, 0.15) is 5.69 Å². The number of piperidine rings is 1. The molecule has 2 rings (SSSR count). The Kier molecular flexibility index (Phi) is 5.38. The van der Waals surface area contributed by atoms with Crippen molar-refractivity contribution >= 4 is 23.3 Å². The Morgan fingerprint density at radius 1 is 1.46 bits per heavy atom. The molecule has 1 fully saturated rings. The molecule has 2 N–H and O–H groups in total. The Hall–Kier alpha value is -2.64. The second-order valence-electron chi connectivity index (χ2n) is 6.10. The lowest BCUT2D eigenvalue weighted by Crippen LogP contribution is -2.34. The highest BCUT2D eigenvalue weighted by atomic mass is 16.6. The zero-order valence-corrected chi connectivity index (χ0v) is 13.7. The Morgan fingerprint density at radius 2 is 2.17 bits per heavy atom. The summed E-state index contributed by atoms with van der Waals surface area (Å²) in [4.78, 5) is 35.8. The quantitative estimate of drug-likeness (QED) is 0.499. The van der Waals surface area contributed by atoms with E-state index in [1.807, 2.05) is 4.90 Å². The number of carbonyl (C=O) groups is 2. The monoisotopic (exact) mass is 335 g/mol. The lowest BCUT2D eigenvalue weighted by Gasteiger charge is -2.32. The maximum Gasteiger partial charge on any atom is 0.339 e. The van der Waals surface area contributed by atoms with Crippen molar-refractivity contribution in [1.82, 2.24) is 0 Å². The van der Waals surface area contributed by atoms with Crippen LogP contribution in [0.25, 0.3) is 0 Å². The summed E-state index contributed by atoms with van der Waals surface area (Å²) in [6.45, 7) is 4.93. The van der Waals surface area contributed by atoms with Crippen molar-refractivity contribution in [2.75, 3.05) is 18.0 Å². The van der Waals surface area contributed by atoms with E-state index >= 15 is 0 Å². The Labute approximate surface area is 139 Å². The number of benzene rings is 1. The predicted octanol–water partition coefficient (Wildman–Crippen LogP) is 1.86. The number of anilines is 1. The third kappa shape index (κ3) is 4.01. The summed E-state index contributed by atoms with van der Waals surface area (Å²) in [6, 6.07) is 4.21. The van der Waals surface area contributed by atoms with Crippen LogP contribution in [0.3, 0.4) is 0 Å². The zero-order chi connectivity index (χ0) is 17.9. The van der Waals surface area contributed by atoms with Gasteiger partial charge in [-0.3, -0.25) is 14.9 Å². The number of rotatable bonds is 5. The minimum atomic E-state index is -1.10. The average molecular weight is 335 g/mol. The summed E-state index contributed by atoms with van der Waals surface area (Å²) in [5.74, 6) is -1.14. The fourth-order valence-corrected chi connectivity index (χ4v) is 2.76. The normalized spacial score (nSPS) is 18.8. The van der Waals surface area contributed by atoms with Gasteiger partial charge in [-0.05, 0) is 37.8 Å². The highest BCUT2D eigenvalue weighted by Gasteiger charge is 2.26. The maximum absolute atomic E-state index is 12.0. The minimum Gasteiger partial charge on any atom is -0.449 e. The smallest absolute Gasteiger partial charge is 0.339 e. The third-order valence-corrected chi connectivity index (χ3v) is 4.09. The molecular weight excluding hydrogens is 314 g/mol. The van der Waals surface area contributed by atoms with Gasteiger partial charge in [0.15, 0.2) is 6.10 Å². The van der Waals surface area contributed by atoms with Crippen LogP contribution in [-0.2, 0) is 9.53 Å². The molecule has 0 radical (unpaired) electrons. The standard InChI is InChI=1S/C16H21N3O5/c1-10-4-3-7-18(9-10)13-6-5-12(8-14(13)19(22)23)16(21)24-11(2)15(17)20/h5-6,8,10-11H,3-4,7,9H2,1-2H3,(H2,17,20)/t10-,11+/m1/s1. The van der Waals surface area contributed by atoms with E-state index in [9.17, 15) is 19.7 Å². The second kappa shape index (κ2) is 7.29. The van der Waals surface area contributed by atoms with Crippen LogP contribution in [0.5, 0.6) is 0 Å². The van der Waals surface area contributed by atoms with E-state index in [0.29, 0.717) is 11.6 Å². The molecule has 1 heterocycles. The molecule has 8 heteroatoms. The molecule has 0 spiro atoms. The van der Waals surface area contributed by atoms with Gasteiger partial charge in [-0.2, -0.15) is 0 Å². The number of nitro groups is 1. The van der Waals surface area contributed by atoms with E-state index < -0.39 is 22.9 Å². The van der Waals surface area contributed by atoms with Gasteiger partial charge in [0.05, 0.1) is 10.5 Å². The predicted molar refractivity (Wildman–Crippen MR) is 87.8 cm³/mol. The molecule has 0 unspecified atom stereocenters. The lowest BCUT2D eigenvalue weighted by molar-refractivity contribution is -0.384. The van der Waals surface area contributed by atoms with E-state index in [2.05, 4.69) is 6.92 Å². The van der Waals surface area contributed by atoms with Gasteiger partial charge < -0.3 is 15.4 Å². The molecule has 1 amide bonds. The van der Waals surface area contributed by atoms with E-state index in [1.54, 1.807) is 6.07 Å². The summed E-state index contributed by atoms with van der Waals surface area (Å²) in [5, 5.41) is 11.4. The first kappa shape index (κ1) is 17.7. The molecule has 1 aromatic rings. The Balaban J connectivity index is 2.28. The molecule has 0 aliphatic carbocycles. The summed E-state index contributed by atoms with van der Waals surface area (Å²) in [5.41, 5.74) is 5.41. The van der Waals surface area contributed by atoms with Crippen LogP contribution in [-0.4, -0.2) is 36.0 Å². The molecule has 0 saturated carbocycles. The average Bonchev–Trinajstić information content (AvgIpc) is 2.54. The van der Waals surface area contributed by atoms with Crippen molar-refractivity contribution < 1.29 is 19.2 Å². The number of hydrogen-bond acceptors (Lipinski definition) is 6. The molecule has 1 aliphatic rings. The maximum atomic E-state index is 12.0. The van der Waals surface area contributed by atoms with Gasteiger partial charge in [0, 0.05) is 19.2 Å². The fraction of sp³-hybridized carbons (Fsp3) is 0.500. The van der Waals surface area contributed by atoms with Crippen LogP contribution in [0, 0.1) is 16.0 Å². The highest BCUT2D eigenvalue weighted by Crippen LogP contribution is 2.32.